The molecule has 0 spiro atoms. The van der Waals surface area contributed by atoms with Crippen molar-refractivity contribution in [2.24, 2.45) is 0 Å². The molecule has 1 heterocycles. The van der Waals surface area contributed by atoms with Crippen molar-refractivity contribution >= 4 is 19.4 Å². The molecule has 2 atom stereocenters. The minimum absolute atomic E-state index is 0.256. The molecule has 0 unspecified atom stereocenters. The van der Waals surface area contributed by atoms with E-state index >= 15 is 0 Å². The summed E-state index contributed by atoms with van der Waals surface area (Å²) in [6, 6.07) is 33.3. The molecule has 1 aliphatic rings. The van der Waals surface area contributed by atoms with Crippen LogP contribution in [-0.2, 0) is 12.0 Å². The molecule has 0 aliphatic carbocycles. The Balaban J connectivity index is 1.64. The van der Waals surface area contributed by atoms with Crippen LogP contribution in [0.1, 0.15) is 24.5 Å². The van der Waals surface area contributed by atoms with E-state index in [0.29, 0.717) is 19.8 Å². The summed E-state index contributed by atoms with van der Waals surface area (Å²) in [5.41, 5.74) is 3.19. The molecule has 1 nitrogen and oxygen atoms in total. The fourth-order valence-corrected chi connectivity index (χ4v) is 7.55. The molecule has 0 amide bonds. The molecule has 0 bridgehead atoms. The summed E-state index contributed by atoms with van der Waals surface area (Å²) in [7, 11) is 0. The quantitative estimate of drug-likeness (QED) is 0.524. The van der Waals surface area contributed by atoms with Gasteiger partial charge < -0.3 is 0 Å². The first kappa shape index (κ1) is 18.5. The summed E-state index contributed by atoms with van der Waals surface area (Å²) in [6.45, 7) is 5.78. The zero-order chi connectivity index (χ0) is 18.5. The average Bonchev–Trinajstić information content (AvgIpc) is 3.08. The van der Waals surface area contributed by atoms with Gasteiger partial charge in [-0.2, -0.15) is 0 Å². The Morgan fingerprint density at radius 3 is 2.07 bits per heavy atom. The van der Waals surface area contributed by atoms with Gasteiger partial charge in [0.05, 0.1) is 0 Å². The van der Waals surface area contributed by atoms with Gasteiger partial charge in [0.1, 0.15) is 0 Å². The molecule has 0 radical (unpaired) electrons. The summed E-state index contributed by atoms with van der Waals surface area (Å²) in [6.07, 6.45) is 1.20. The van der Waals surface area contributed by atoms with E-state index in [0.717, 1.165) is 13.1 Å². The molecular weight excluding hydrogens is 393 g/mol. The zero-order valence-corrected chi connectivity index (χ0v) is 17.6. The van der Waals surface area contributed by atoms with Crippen LogP contribution in [-0.4, -0.2) is 32.9 Å². The van der Waals surface area contributed by atoms with E-state index in [2.05, 4.69) is 103 Å². The summed E-state index contributed by atoms with van der Waals surface area (Å²) >= 11 is 0.471. The van der Waals surface area contributed by atoms with Gasteiger partial charge in [-0.05, 0) is 0 Å². The second-order valence-electron chi connectivity index (χ2n) is 7.45. The van der Waals surface area contributed by atoms with Crippen LogP contribution in [0, 0.1) is 0 Å². The Bertz CT molecular complexity index is 834. The van der Waals surface area contributed by atoms with E-state index in [1.165, 1.54) is 28.6 Å². The maximum absolute atomic E-state index is 2.68. The fraction of sp³-hybridized carbons (Fsp3) is 0.280. The number of likely N-dealkylation sites (tertiary alicyclic amines) is 1. The van der Waals surface area contributed by atoms with Crippen LogP contribution in [0.15, 0.2) is 91.0 Å². The molecule has 1 saturated heterocycles. The van der Waals surface area contributed by atoms with E-state index in [9.17, 15) is 0 Å². The summed E-state index contributed by atoms with van der Waals surface area (Å²) in [5.74, 6) is 0. The third-order valence-corrected chi connectivity index (χ3v) is 8.79. The van der Waals surface area contributed by atoms with Gasteiger partial charge in [0, 0.05) is 0 Å². The Labute approximate surface area is 169 Å². The minimum atomic E-state index is 0.256. The monoisotopic (exact) mass is 421 g/mol. The van der Waals surface area contributed by atoms with Crippen molar-refractivity contribution in [2.45, 2.75) is 30.1 Å². The van der Waals surface area contributed by atoms with Crippen molar-refractivity contribution < 1.29 is 0 Å². The molecule has 1 aliphatic heterocycles. The van der Waals surface area contributed by atoms with E-state index in [-0.39, 0.29) is 5.41 Å². The van der Waals surface area contributed by atoms with E-state index in [1.807, 2.05) is 0 Å². The van der Waals surface area contributed by atoms with E-state index in [1.54, 1.807) is 0 Å². The average molecular weight is 420 g/mol. The summed E-state index contributed by atoms with van der Waals surface area (Å²) < 4.78 is 1.52. The van der Waals surface area contributed by atoms with Crippen molar-refractivity contribution in [3.63, 3.8) is 0 Å². The second kappa shape index (κ2) is 8.44. The van der Waals surface area contributed by atoms with Gasteiger partial charge in [0.15, 0.2) is 0 Å². The Kier molecular flexibility index (Phi) is 5.78. The van der Waals surface area contributed by atoms with E-state index < -0.39 is 0 Å². The van der Waals surface area contributed by atoms with Crippen LogP contribution in [0.5, 0.6) is 0 Å². The predicted octanol–water partition coefficient (Wildman–Crippen LogP) is 4.67. The first-order valence-electron chi connectivity index (χ1n) is 9.84. The SMILES string of the molecule is CC[C@@]1(c2ccccc2)CN(Cc2ccccc2)C[C@H]1[Se]c1ccccc1. The standard InChI is InChI=1S/C25H27NSe/c1-2-25(22-14-8-4-9-15-22)20-26(18-21-12-6-3-7-13-21)19-24(25)27-23-16-10-5-11-17-23/h3-17,24H,2,18-20H2,1H3/t24-,25+/m1/s1. The molecule has 138 valence electrons. The number of hydrogen-bond acceptors (Lipinski definition) is 1. The van der Waals surface area contributed by atoms with Crippen LogP contribution in [0.4, 0.5) is 0 Å². The summed E-state index contributed by atoms with van der Waals surface area (Å²) in [5, 5.41) is 0. The summed E-state index contributed by atoms with van der Waals surface area (Å²) in [4.78, 5) is 3.38. The van der Waals surface area contributed by atoms with E-state index in [4.69, 9.17) is 0 Å². The number of nitrogens with zero attached hydrogens (tertiary/aromatic N) is 1. The molecular formula is C25H27NSe. The molecule has 27 heavy (non-hydrogen) atoms. The molecule has 0 saturated carbocycles. The first-order chi connectivity index (χ1) is 13.3. The van der Waals surface area contributed by atoms with Crippen LogP contribution in [0.25, 0.3) is 0 Å². The zero-order valence-electron chi connectivity index (χ0n) is 15.9. The Morgan fingerprint density at radius 1 is 0.852 bits per heavy atom. The maximum atomic E-state index is 2.68. The third kappa shape index (κ3) is 4.04. The van der Waals surface area contributed by atoms with Gasteiger partial charge in [-0.1, -0.05) is 0 Å². The third-order valence-electron chi connectivity index (χ3n) is 5.80. The number of benzene rings is 3. The van der Waals surface area contributed by atoms with Gasteiger partial charge in [-0.15, -0.1) is 0 Å². The molecule has 1 fully saturated rings. The normalized spacial score (nSPS) is 22.8. The van der Waals surface area contributed by atoms with Gasteiger partial charge in [-0.25, -0.2) is 0 Å². The topological polar surface area (TPSA) is 3.24 Å². The predicted molar refractivity (Wildman–Crippen MR) is 116 cm³/mol. The molecule has 0 N–H and O–H groups in total. The Hall–Kier alpha value is -1.86. The van der Waals surface area contributed by atoms with Crippen molar-refractivity contribution in [3.8, 4) is 0 Å². The molecule has 3 aromatic carbocycles. The molecule has 2 heteroatoms. The number of rotatable bonds is 6. The Morgan fingerprint density at radius 2 is 1.44 bits per heavy atom. The molecule has 0 aromatic heterocycles. The van der Waals surface area contributed by atoms with Gasteiger partial charge in [-0.3, -0.25) is 0 Å². The van der Waals surface area contributed by atoms with Crippen molar-refractivity contribution in [3.05, 3.63) is 102 Å². The van der Waals surface area contributed by atoms with Crippen molar-refractivity contribution in [2.75, 3.05) is 13.1 Å². The van der Waals surface area contributed by atoms with Gasteiger partial charge >= 0.3 is 170 Å². The van der Waals surface area contributed by atoms with Crippen molar-refractivity contribution in [1.29, 1.82) is 0 Å². The molecule has 3 aromatic rings. The first-order valence-corrected chi connectivity index (χ1v) is 11.7. The van der Waals surface area contributed by atoms with Crippen LogP contribution < -0.4 is 4.46 Å². The van der Waals surface area contributed by atoms with Crippen LogP contribution in [0.2, 0.25) is 4.82 Å². The van der Waals surface area contributed by atoms with Gasteiger partial charge in [0.25, 0.3) is 0 Å². The molecule has 4 rings (SSSR count). The number of hydrogen-bond donors (Lipinski definition) is 0. The van der Waals surface area contributed by atoms with Crippen LogP contribution >= 0.6 is 0 Å². The van der Waals surface area contributed by atoms with Crippen molar-refractivity contribution in [1.82, 2.24) is 4.90 Å². The van der Waals surface area contributed by atoms with Gasteiger partial charge in [0.2, 0.25) is 0 Å². The second-order valence-corrected chi connectivity index (χ2v) is 10.1. The fourth-order valence-electron chi connectivity index (χ4n) is 4.34. The van der Waals surface area contributed by atoms with Crippen LogP contribution in [0.3, 0.4) is 0 Å².